The third kappa shape index (κ3) is 3.51. The summed E-state index contributed by atoms with van der Waals surface area (Å²) in [5.74, 6) is 1.45. The van der Waals surface area contributed by atoms with Crippen molar-refractivity contribution in [3.63, 3.8) is 0 Å². The molecular weight excluding hydrogens is 329 g/mol. The lowest BCUT2D eigenvalue weighted by Gasteiger charge is -2.64. The zero-order valence-corrected chi connectivity index (χ0v) is 17.7. The molecule has 1 N–H and O–H groups in total. The average molecular weight is 365 g/mol. The van der Waals surface area contributed by atoms with Gasteiger partial charge in [-0.2, -0.15) is 0 Å². The molecule has 5 nitrogen and oxygen atoms in total. The second kappa shape index (κ2) is 6.40. The van der Waals surface area contributed by atoms with Gasteiger partial charge in [-0.05, 0) is 70.1 Å². The fourth-order valence-electron chi connectivity index (χ4n) is 5.28. The van der Waals surface area contributed by atoms with Crippen LogP contribution < -0.4 is 5.32 Å². The molecule has 1 amide bonds. The van der Waals surface area contributed by atoms with Gasteiger partial charge in [-0.1, -0.05) is 27.7 Å². The van der Waals surface area contributed by atoms with Crippen molar-refractivity contribution in [1.82, 2.24) is 5.32 Å². The predicted octanol–water partition coefficient (Wildman–Crippen LogP) is 4.19. The van der Waals surface area contributed by atoms with Crippen molar-refractivity contribution in [3.8, 4) is 0 Å². The molecular formula is C20H36BNO4. The lowest BCUT2D eigenvalue weighted by molar-refractivity contribution is -0.199. The van der Waals surface area contributed by atoms with Gasteiger partial charge in [0.25, 0.3) is 0 Å². The van der Waals surface area contributed by atoms with Gasteiger partial charge in [-0.3, -0.25) is 0 Å². The molecule has 0 aromatic rings. The Balaban J connectivity index is 1.71. The van der Waals surface area contributed by atoms with Crippen LogP contribution in [0.25, 0.3) is 0 Å². The monoisotopic (exact) mass is 365 g/mol. The molecule has 26 heavy (non-hydrogen) atoms. The Bertz CT molecular complexity index is 559. The maximum Gasteiger partial charge on any atom is 0.481 e. The highest BCUT2D eigenvalue weighted by atomic mass is 16.7. The molecule has 3 saturated carbocycles. The zero-order chi connectivity index (χ0) is 19.5. The van der Waals surface area contributed by atoms with Gasteiger partial charge >= 0.3 is 13.2 Å². The predicted molar refractivity (Wildman–Crippen MR) is 103 cm³/mol. The molecule has 6 heteroatoms. The zero-order valence-electron chi connectivity index (χ0n) is 17.7. The maximum absolute atomic E-state index is 12.3. The molecule has 0 spiro atoms. The van der Waals surface area contributed by atoms with E-state index in [-0.39, 0.29) is 17.6 Å². The second-order valence-corrected chi connectivity index (χ2v) is 10.7. The van der Waals surface area contributed by atoms with Crippen molar-refractivity contribution in [2.45, 2.75) is 97.9 Å². The Morgan fingerprint density at radius 2 is 1.92 bits per heavy atom. The minimum atomic E-state index is -0.519. The van der Waals surface area contributed by atoms with Crippen LogP contribution in [0.1, 0.15) is 74.7 Å². The highest BCUT2D eigenvalue weighted by Gasteiger charge is 2.68. The first-order chi connectivity index (χ1) is 11.8. The van der Waals surface area contributed by atoms with Crippen molar-refractivity contribution in [2.24, 2.45) is 23.2 Å². The van der Waals surface area contributed by atoms with Crippen LogP contribution in [0.15, 0.2) is 0 Å². The van der Waals surface area contributed by atoms with E-state index >= 15 is 0 Å². The van der Waals surface area contributed by atoms with Gasteiger partial charge in [0, 0.05) is 0 Å². The van der Waals surface area contributed by atoms with Gasteiger partial charge in [0.1, 0.15) is 5.60 Å². The van der Waals surface area contributed by atoms with Crippen molar-refractivity contribution >= 4 is 13.2 Å². The van der Waals surface area contributed by atoms with E-state index in [9.17, 15) is 4.79 Å². The van der Waals surface area contributed by atoms with Crippen LogP contribution in [-0.4, -0.2) is 36.5 Å². The molecule has 0 radical (unpaired) electrons. The average Bonchev–Trinajstić information content (AvgIpc) is 2.80. The summed E-state index contributed by atoms with van der Waals surface area (Å²) in [5.41, 5.74) is -0.460. The van der Waals surface area contributed by atoms with Crippen LogP contribution in [0, 0.1) is 23.2 Å². The van der Waals surface area contributed by atoms with Gasteiger partial charge in [0.05, 0.1) is 17.6 Å². The van der Waals surface area contributed by atoms with E-state index in [1.165, 1.54) is 6.42 Å². The first kappa shape index (κ1) is 20.0. The largest absolute Gasteiger partial charge is 0.481 e. The molecule has 3 aliphatic carbocycles. The molecule has 148 valence electrons. The Morgan fingerprint density at radius 1 is 1.27 bits per heavy atom. The van der Waals surface area contributed by atoms with Gasteiger partial charge in [0.2, 0.25) is 0 Å². The summed E-state index contributed by atoms with van der Waals surface area (Å²) >= 11 is 0. The van der Waals surface area contributed by atoms with E-state index in [0.717, 1.165) is 18.8 Å². The van der Waals surface area contributed by atoms with Gasteiger partial charge in [-0.25, -0.2) is 4.79 Å². The van der Waals surface area contributed by atoms with E-state index in [0.29, 0.717) is 17.3 Å². The fraction of sp³-hybridized carbons (Fsp3) is 0.950. The van der Waals surface area contributed by atoms with Crippen molar-refractivity contribution in [1.29, 1.82) is 0 Å². The smallest absolute Gasteiger partial charge is 0.444 e. The molecule has 0 aromatic heterocycles. The van der Waals surface area contributed by atoms with Gasteiger partial charge in [-0.15, -0.1) is 0 Å². The molecule has 1 aliphatic heterocycles. The summed E-state index contributed by atoms with van der Waals surface area (Å²) < 4.78 is 18.4. The molecule has 0 aromatic carbocycles. The highest BCUT2D eigenvalue weighted by molar-refractivity contribution is 6.47. The van der Waals surface area contributed by atoms with Crippen LogP contribution in [0.3, 0.4) is 0 Å². The van der Waals surface area contributed by atoms with Crippen molar-refractivity contribution in [3.05, 3.63) is 0 Å². The molecule has 4 aliphatic rings. The van der Waals surface area contributed by atoms with Crippen LogP contribution >= 0.6 is 0 Å². The van der Waals surface area contributed by atoms with E-state index < -0.39 is 18.8 Å². The quantitative estimate of drug-likeness (QED) is 0.759. The topological polar surface area (TPSA) is 56.8 Å². The SMILES string of the molecule is CC(C)C[C@H](NC(=O)OC(C)(C)C)B1O[C@@H]2C[C@@H]3C[C@@H](C3(C)C)[C@]2(C)O1. The van der Waals surface area contributed by atoms with Crippen molar-refractivity contribution < 1.29 is 18.8 Å². The molecule has 0 unspecified atom stereocenters. The Labute approximate surface area is 159 Å². The number of hydrogen-bond donors (Lipinski definition) is 1. The Morgan fingerprint density at radius 3 is 2.46 bits per heavy atom. The summed E-state index contributed by atoms with van der Waals surface area (Å²) in [5, 5.41) is 3.01. The first-order valence-electron chi connectivity index (χ1n) is 10.2. The highest BCUT2D eigenvalue weighted by Crippen LogP contribution is 2.65. The number of amides is 1. The number of alkyl carbamates (subject to hydrolysis) is 1. The summed E-state index contributed by atoms with van der Waals surface area (Å²) in [6, 6.07) is 0. The Hall–Kier alpha value is -0.745. The number of rotatable bonds is 4. The Kier molecular flexibility index (Phi) is 4.93. The minimum Gasteiger partial charge on any atom is -0.444 e. The number of ether oxygens (including phenoxy) is 1. The molecule has 1 saturated heterocycles. The fourth-order valence-corrected chi connectivity index (χ4v) is 5.28. The van der Waals surface area contributed by atoms with Crippen LogP contribution in [-0.2, 0) is 14.0 Å². The van der Waals surface area contributed by atoms with Crippen LogP contribution in [0.5, 0.6) is 0 Å². The molecule has 4 fully saturated rings. The van der Waals surface area contributed by atoms with E-state index in [2.05, 4.69) is 39.9 Å². The number of carbonyl (C=O) groups is 1. The summed E-state index contributed by atoms with van der Waals surface area (Å²) in [4.78, 5) is 12.3. The first-order valence-corrected chi connectivity index (χ1v) is 10.2. The lowest BCUT2D eigenvalue weighted by Crippen LogP contribution is -2.65. The molecule has 1 heterocycles. The third-order valence-corrected chi connectivity index (χ3v) is 6.72. The maximum atomic E-state index is 12.3. The number of nitrogens with one attached hydrogen (secondary N) is 1. The van der Waals surface area contributed by atoms with Gasteiger partial charge < -0.3 is 19.4 Å². The third-order valence-electron chi connectivity index (χ3n) is 6.72. The number of hydrogen-bond acceptors (Lipinski definition) is 4. The van der Waals surface area contributed by atoms with E-state index in [4.69, 9.17) is 14.0 Å². The molecule has 2 bridgehead atoms. The normalized spacial score (nSPS) is 36.3. The number of carbonyl (C=O) groups excluding carboxylic acids is 1. The summed E-state index contributed by atoms with van der Waals surface area (Å²) in [7, 11) is -0.407. The summed E-state index contributed by atoms with van der Waals surface area (Å²) in [6.07, 6.45) is 2.80. The second-order valence-electron chi connectivity index (χ2n) is 10.7. The van der Waals surface area contributed by atoms with E-state index in [1.807, 2.05) is 20.8 Å². The van der Waals surface area contributed by atoms with Crippen molar-refractivity contribution in [2.75, 3.05) is 0 Å². The van der Waals surface area contributed by atoms with Crippen LogP contribution in [0.2, 0.25) is 0 Å². The lowest BCUT2D eigenvalue weighted by atomic mass is 9.43. The molecule has 4 rings (SSSR count). The van der Waals surface area contributed by atoms with Gasteiger partial charge in [0.15, 0.2) is 0 Å². The van der Waals surface area contributed by atoms with Crippen LogP contribution in [0.4, 0.5) is 4.79 Å². The minimum absolute atomic E-state index is 0.124. The summed E-state index contributed by atoms with van der Waals surface area (Å²) in [6.45, 7) is 16.8. The van der Waals surface area contributed by atoms with E-state index in [1.54, 1.807) is 0 Å². The standard InChI is InChI=1S/C20H36BNO4/c1-12(2)9-16(22-17(23)24-18(3,4)5)21-25-15-11-13-10-14(19(13,6)7)20(15,8)26-21/h12-16H,9-11H2,1-8H3,(H,22,23)/t13-,14-,15+,16-,20-/m0/s1. The molecule has 5 atom stereocenters.